The standard InChI is InChI=1S/C10H7Cl2N/c1-6-7(11)2-3-9-10(6)8(12)4-5-13-9/h2-5H,1H3. The fourth-order valence-corrected chi connectivity index (χ4v) is 1.80. The predicted octanol–water partition coefficient (Wildman–Crippen LogP) is 3.85. The molecule has 2 rings (SSSR count). The first-order valence-corrected chi connectivity index (χ1v) is 4.65. The van der Waals surface area contributed by atoms with Gasteiger partial charge in [0.2, 0.25) is 0 Å². The molecule has 0 aliphatic rings. The van der Waals surface area contributed by atoms with Crippen molar-refractivity contribution >= 4 is 34.1 Å². The summed E-state index contributed by atoms with van der Waals surface area (Å²) in [6.07, 6.45) is 1.69. The maximum Gasteiger partial charge on any atom is 0.0720 e. The Hall–Kier alpha value is -0.790. The summed E-state index contributed by atoms with van der Waals surface area (Å²) in [7, 11) is 0. The van der Waals surface area contributed by atoms with Crippen molar-refractivity contribution in [2.75, 3.05) is 0 Å². The smallest absolute Gasteiger partial charge is 0.0720 e. The number of halogens is 2. The van der Waals surface area contributed by atoms with Crippen LogP contribution in [-0.4, -0.2) is 4.98 Å². The van der Waals surface area contributed by atoms with Gasteiger partial charge in [-0.1, -0.05) is 23.2 Å². The van der Waals surface area contributed by atoms with Crippen molar-refractivity contribution in [1.29, 1.82) is 0 Å². The zero-order chi connectivity index (χ0) is 9.42. The molecule has 0 radical (unpaired) electrons. The second-order valence-electron chi connectivity index (χ2n) is 2.86. The lowest BCUT2D eigenvalue weighted by molar-refractivity contribution is 1.39. The largest absolute Gasteiger partial charge is 0.256 e. The summed E-state index contributed by atoms with van der Waals surface area (Å²) in [5.74, 6) is 0. The fourth-order valence-electron chi connectivity index (χ4n) is 1.35. The van der Waals surface area contributed by atoms with Crippen LogP contribution < -0.4 is 0 Å². The summed E-state index contributed by atoms with van der Waals surface area (Å²) >= 11 is 12.0. The number of fused-ring (bicyclic) bond motifs is 1. The molecule has 1 aromatic carbocycles. The van der Waals surface area contributed by atoms with Crippen LogP contribution >= 0.6 is 23.2 Å². The highest BCUT2D eigenvalue weighted by molar-refractivity contribution is 6.37. The normalized spacial score (nSPS) is 10.7. The second-order valence-corrected chi connectivity index (χ2v) is 3.67. The van der Waals surface area contributed by atoms with Crippen LogP contribution in [0.25, 0.3) is 10.9 Å². The zero-order valence-corrected chi connectivity index (χ0v) is 8.52. The average Bonchev–Trinajstić information content (AvgIpc) is 2.12. The van der Waals surface area contributed by atoms with E-state index in [0.29, 0.717) is 5.02 Å². The van der Waals surface area contributed by atoms with Crippen molar-refractivity contribution in [2.45, 2.75) is 6.92 Å². The van der Waals surface area contributed by atoms with Crippen LogP contribution in [-0.2, 0) is 0 Å². The van der Waals surface area contributed by atoms with Crippen LogP contribution in [0.1, 0.15) is 5.56 Å². The predicted molar refractivity (Wildman–Crippen MR) is 56.5 cm³/mol. The number of hydrogen-bond donors (Lipinski definition) is 0. The fraction of sp³-hybridized carbons (Fsp3) is 0.100. The maximum atomic E-state index is 6.04. The lowest BCUT2D eigenvalue weighted by atomic mass is 10.1. The van der Waals surface area contributed by atoms with Crippen molar-refractivity contribution < 1.29 is 0 Å². The second kappa shape index (κ2) is 3.17. The number of hydrogen-bond acceptors (Lipinski definition) is 1. The molecule has 0 N–H and O–H groups in total. The van der Waals surface area contributed by atoms with E-state index in [9.17, 15) is 0 Å². The highest BCUT2D eigenvalue weighted by Gasteiger charge is 2.05. The van der Waals surface area contributed by atoms with Gasteiger partial charge in [0.1, 0.15) is 0 Å². The minimum Gasteiger partial charge on any atom is -0.256 e. The van der Waals surface area contributed by atoms with Crippen LogP contribution in [0.15, 0.2) is 24.4 Å². The van der Waals surface area contributed by atoms with E-state index in [0.717, 1.165) is 21.5 Å². The van der Waals surface area contributed by atoms with Crippen LogP contribution in [0.5, 0.6) is 0 Å². The highest BCUT2D eigenvalue weighted by Crippen LogP contribution is 2.29. The molecular weight excluding hydrogens is 205 g/mol. The molecule has 0 aliphatic carbocycles. The molecule has 13 heavy (non-hydrogen) atoms. The Labute approximate surface area is 86.3 Å². The molecule has 3 heteroatoms. The number of nitrogens with zero attached hydrogens (tertiary/aromatic N) is 1. The lowest BCUT2D eigenvalue weighted by Crippen LogP contribution is -1.84. The molecule has 0 fully saturated rings. The molecule has 0 saturated heterocycles. The van der Waals surface area contributed by atoms with E-state index in [1.54, 1.807) is 12.3 Å². The van der Waals surface area contributed by atoms with Gasteiger partial charge in [-0.25, -0.2) is 0 Å². The molecule has 1 aromatic heterocycles. The summed E-state index contributed by atoms with van der Waals surface area (Å²) in [6, 6.07) is 5.48. The molecular formula is C10H7Cl2N. The van der Waals surface area contributed by atoms with Crippen LogP contribution in [0.2, 0.25) is 10.0 Å². The van der Waals surface area contributed by atoms with E-state index in [2.05, 4.69) is 4.98 Å². The quantitative estimate of drug-likeness (QED) is 0.646. The highest BCUT2D eigenvalue weighted by atomic mass is 35.5. The van der Waals surface area contributed by atoms with Gasteiger partial charge in [0.05, 0.1) is 10.5 Å². The average molecular weight is 212 g/mol. The molecule has 0 aliphatic heterocycles. The van der Waals surface area contributed by atoms with Gasteiger partial charge in [0.15, 0.2) is 0 Å². The van der Waals surface area contributed by atoms with Crippen LogP contribution in [0.3, 0.4) is 0 Å². The Bertz CT molecular complexity index is 466. The van der Waals surface area contributed by atoms with Gasteiger partial charge in [-0.2, -0.15) is 0 Å². The van der Waals surface area contributed by atoms with Gasteiger partial charge in [0, 0.05) is 16.6 Å². The molecule has 0 unspecified atom stereocenters. The first-order valence-electron chi connectivity index (χ1n) is 3.89. The van der Waals surface area contributed by atoms with Gasteiger partial charge in [0.25, 0.3) is 0 Å². The van der Waals surface area contributed by atoms with Crippen molar-refractivity contribution in [3.8, 4) is 0 Å². The molecule has 1 nitrogen and oxygen atoms in total. The lowest BCUT2D eigenvalue weighted by Gasteiger charge is -2.04. The molecule has 0 atom stereocenters. The Morgan fingerprint density at radius 1 is 1.08 bits per heavy atom. The number of benzene rings is 1. The summed E-state index contributed by atoms with van der Waals surface area (Å²) in [6.45, 7) is 1.94. The van der Waals surface area contributed by atoms with E-state index >= 15 is 0 Å². The van der Waals surface area contributed by atoms with E-state index < -0.39 is 0 Å². The zero-order valence-electron chi connectivity index (χ0n) is 7.01. The van der Waals surface area contributed by atoms with Crippen molar-refractivity contribution in [1.82, 2.24) is 4.98 Å². The third-order valence-corrected chi connectivity index (χ3v) is 2.77. The molecule has 66 valence electrons. The van der Waals surface area contributed by atoms with Gasteiger partial charge in [-0.15, -0.1) is 0 Å². The molecule has 1 heterocycles. The summed E-state index contributed by atoms with van der Waals surface area (Å²) in [5, 5.41) is 2.36. The topological polar surface area (TPSA) is 12.9 Å². The van der Waals surface area contributed by atoms with Gasteiger partial charge in [-0.3, -0.25) is 4.98 Å². The third kappa shape index (κ3) is 1.38. The van der Waals surface area contributed by atoms with Crippen LogP contribution in [0, 0.1) is 6.92 Å². The minimum atomic E-state index is 0.699. The first kappa shape index (κ1) is 8.79. The van der Waals surface area contributed by atoms with E-state index in [1.807, 2.05) is 19.1 Å². The Kier molecular flexibility index (Phi) is 2.14. The minimum absolute atomic E-state index is 0.699. The van der Waals surface area contributed by atoms with Gasteiger partial charge >= 0.3 is 0 Å². The monoisotopic (exact) mass is 211 g/mol. The van der Waals surface area contributed by atoms with Crippen molar-refractivity contribution in [2.24, 2.45) is 0 Å². The third-order valence-electron chi connectivity index (χ3n) is 2.05. The molecule has 0 bridgehead atoms. The maximum absolute atomic E-state index is 6.04. The van der Waals surface area contributed by atoms with E-state index in [1.165, 1.54) is 0 Å². The number of pyridine rings is 1. The first-order chi connectivity index (χ1) is 6.20. The van der Waals surface area contributed by atoms with Crippen molar-refractivity contribution in [3.63, 3.8) is 0 Å². The SMILES string of the molecule is Cc1c(Cl)ccc2nccc(Cl)c12. The van der Waals surface area contributed by atoms with Gasteiger partial charge < -0.3 is 0 Å². The number of aryl methyl sites for hydroxylation is 1. The Balaban J connectivity index is 2.97. The van der Waals surface area contributed by atoms with E-state index in [4.69, 9.17) is 23.2 Å². The van der Waals surface area contributed by atoms with E-state index in [-0.39, 0.29) is 0 Å². The molecule has 2 aromatic rings. The summed E-state index contributed by atoms with van der Waals surface area (Å²) in [4.78, 5) is 4.20. The van der Waals surface area contributed by atoms with Crippen LogP contribution in [0.4, 0.5) is 0 Å². The Morgan fingerprint density at radius 3 is 2.62 bits per heavy atom. The van der Waals surface area contributed by atoms with Gasteiger partial charge in [-0.05, 0) is 30.7 Å². The number of aromatic nitrogens is 1. The summed E-state index contributed by atoms with van der Waals surface area (Å²) < 4.78 is 0. The molecule has 0 saturated carbocycles. The summed E-state index contributed by atoms with van der Waals surface area (Å²) in [5.41, 5.74) is 1.87. The number of rotatable bonds is 0. The Morgan fingerprint density at radius 2 is 1.85 bits per heavy atom. The molecule has 0 spiro atoms. The molecule has 0 amide bonds. The van der Waals surface area contributed by atoms with Crippen molar-refractivity contribution in [3.05, 3.63) is 40.0 Å².